The van der Waals surface area contributed by atoms with E-state index in [1.165, 1.54) is 12.5 Å². The highest BCUT2D eigenvalue weighted by Crippen LogP contribution is 2.25. The maximum absolute atomic E-state index is 12.3. The van der Waals surface area contributed by atoms with Gasteiger partial charge < -0.3 is 9.15 Å². The van der Waals surface area contributed by atoms with Gasteiger partial charge in [0.25, 0.3) is 11.8 Å². The minimum atomic E-state index is -0.581. The maximum atomic E-state index is 12.3. The van der Waals surface area contributed by atoms with Crippen LogP contribution in [0.2, 0.25) is 0 Å². The standard InChI is InChI=1S/C22H20N2O5S/c25-19-17(20(26)24-22(30)23-19)12-16-10-11-18(28-16)13-6-8-14(9-7-13)21(27)29-15-4-2-1-3-5-15/h6-12,15H,1-5H2,(H2,23,24,25,26,30). The highest BCUT2D eigenvalue weighted by molar-refractivity contribution is 7.80. The Morgan fingerprint density at radius 1 is 1.00 bits per heavy atom. The molecule has 1 saturated carbocycles. The number of nitrogens with one attached hydrogen (secondary N) is 2. The molecule has 1 aromatic heterocycles. The van der Waals surface area contributed by atoms with E-state index in [0.717, 1.165) is 31.2 Å². The summed E-state index contributed by atoms with van der Waals surface area (Å²) in [5.74, 6) is -0.587. The molecule has 2 aliphatic rings. The van der Waals surface area contributed by atoms with Gasteiger partial charge in [-0.3, -0.25) is 20.2 Å². The lowest BCUT2D eigenvalue weighted by atomic mass is 9.98. The van der Waals surface area contributed by atoms with Gasteiger partial charge >= 0.3 is 5.97 Å². The molecule has 0 bridgehead atoms. The summed E-state index contributed by atoms with van der Waals surface area (Å²) in [6, 6.07) is 10.3. The second-order valence-corrected chi connectivity index (χ2v) is 7.65. The third-order valence-corrected chi connectivity index (χ3v) is 5.29. The predicted octanol–water partition coefficient (Wildman–Crippen LogP) is 3.35. The minimum absolute atomic E-state index is 0.00939. The summed E-state index contributed by atoms with van der Waals surface area (Å²) in [7, 11) is 0. The summed E-state index contributed by atoms with van der Waals surface area (Å²) >= 11 is 4.77. The molecule has 30 heavy (non-hydrogen) atoms. The van der Waals surface area contributed by atoms with Crippen molar-refractivity contribution < 1.29 is 23.5 Å². The molecule has 7 nitrogen and oxygen atoms in total. The molecule has 4 rings (SSSR count). The lowest BCUT2D eigenvalue weighted by Gasteiger charge is -2.21. The summed E-state index contributed by atoms with van der Waals surface area (Å²) in [6.45, 7) is 0. The van der Waals surface area contributed by atoms with Gasteiger partial charge in [-0.2, -0.15) is 0 Å². The van der Waals surface area contributed by atoms with Gasteiger partial charge in [-0.25, -0.2) is 4.79 Å². The van der Waals surface area contributed by atoms with E-state index in [0.29, 0.717) is 17.1 Å². The average molecular weight is 424 g/mol. The molecule has 0 atom stereocenters. The third-order valence-electron chi connectivity index (χ3n) is 5.09. The van der Waals surface area contributed by atoms with Crippen molar-refractivity contribution >= 4 is 41.2 Å². The SMILES string of the molecule is O=C1NC(=S)NC(=O)C1=Cc1ccc(-c2ccc(C(=O)OC3CCCCC3)cc2)o1. The molecule has 1 saturated heterocycles. The van der Waals surface area contributed by atoms with Crippen LogP contribution in [-0.2, 0) is 14.3 Å². The third kappa shape index (κ3) is 4.49. The summed E-state index contributed by atoms with van der Waals surface area (Å²) in [4.78, 5) is 36.2. The summed E-state index contributed by atoms with van der Waals surface area (Å²) in [6.07, 6.45) is 6.62. The van der Waals surface area contributed by atoms with Crippen molar-refractivity contribution in [3.05, 3.63) is 53.3 Å². The fourth-order valence-electron chi connectivity index (χ4n) is 3.51. The molecule has 8 heteroatoms. The molecule has 2 heterocycles. The number of carbonyl (C=O) groups excluding carboxylic acids is 3. The van der Waals surface area contributed by atoms with Crippen LogP contribution in [0.15, 0.2) is 46.4 Å². The second-order valence-electron chi connectivity index (χ2n) is 7.24. The van der Waals surface area contributed by atoms with Crippen molar-refractivity contribution in [2.75, 3.05) is 0 Å². The predicted molar refractivity (Wildman–Crippen MR) is 113 cm³/mol. The number of furan rings is 1. The maximum Gasteiger partial charge on any atom is 0.338 e. The molecule has 2 fully saturated rings. The van der Waals surface area contributed by atoms with Crippen molar-refractivity contribution in [2.45, 2.75) is 38.2 Å². The molecule has 1 aliphatic heterocycles. The monoisotopic (exact) mass is 424 g/mol. The summed E-state index contributed by atoms with van der Waals surface area (Å²) < 4.78 is 11.3. The van der Waals surface area contributed by atoms with Gasteiger partial charge in [-0.1, -0.05) is 18.6 Å². The Hall–Kier alpha value is -3.26. The minimum Gasteiger partial charge on any atom is -0.459 e. The number of hydrogen-bond donors (Lipinski definition) is 2. The van der Waals surface area contributed by atoms with E-state index in [1.807, 2.05) is 0 Å². The van der Waals surface area contributed by atoms with Crippen LogP contribution in [-0.4, -0.2) is 29.0 Å². The van der Waals surface area contributed by atoms with E-state index in [-0.39, 0.29) is 22.8 Å². The first kappa shape index (κ1) is 20.0. The number of esters is 1. The molecule has 154 valence electrons. The molecule has 0 spiro atoms. The van der Waals surface area contributed by atoms with E-state index < -0.39 is 11.8 Å². The van der Waals surface area contributed by atoms with Crippen molar-refractivity contribution in [3.8, 4) is 11.3 Å². The van der Waals surface area contributed by atoms with Crippen molar-refractivity contribution in [1.29, 1.82) is 0 Å². The van der Waals surface area contributed by atoms with Crippen molar-refractivity contribution in [2.24, 2.45) is 0 Å². The lowest BCUT2D eigenvalue weighted by molar-refractivity contribution is -0.123. The van der Waals surface area contributed by atoms with Gasteiger partial charge in [0.2, 0.25) is 0 Å². The highest BCUT2D eigenvalue weighted by Gasteiger charge is 2.26. The number of thiocarbonyl (C=S) groups is 1. The Kier molecular flexibility index (Phi) is 5.76. The zero-order valence-corrected chi connectivity index (χ0v) is 16.9. The van der Waals surface area contributed by atoms with E-state index in [2.05, 4.69) is 10.6 Å². The molecule has 1 aromatic carbocycles. The fraction of sp³-hybridized carbons (Fsp3) is 0.273. The fourth-order valence-corrected chi connectivity index (χ4v) is 3.69. The van der Waals surface area contributed by atoms with Gasteiger partial charge in [0.1, 0.15) is 23.2 Å². The Bertz CT molecular complexity index is 1010. The van der Waals surface area contributed by atoms with Crippen LogP contribution >= 0.6 is 12.2 Å². The lowest BCUT2D eigenvalue weighted by Crippen LogP contribution is -2.51. The topological polar surface area (TPSA) is 97.6 Å². The van der Waals surface area contributed by atoms with Crippen LogP contribution in [0.5, 0.6) is 0 Å². The molecular formula is C22H20N2O5S. The zero-order valence-electron chi connectivity index (χ0n) is 16.1. The normalized spacial score (nSPS) is 17.3. The van der Waals surface area contributed by atoms with E-state index in [4.69, 9.17) is 21.4 Å². The Morgan fingerprint density at radius 2 is 1.67 bits per heavy atom. The molecule has 0 unspecified atom stereocenters. The van der Waals surface area contributed by atoms with E-state index in [1.54, 1.807) is 36.4 Å². The van der Waals surface area contributed by atoms with Gasteiger partial charge in [-0.15, -0.1) is 0 Å². The van der Waals surface area contributed by atoms with Crippen molar-refractivity contribution in [3.63, 3.8) is 0 Å². The van der Waals surface area contributed by atoms with Crippen LogP contribution in [0.25, 0.3) is 17.4 Å². The number of carbonyl (C=O) groups is 3. The Balaban J connectivity index is 1.45. The quantitative estimate of drug-likeness (QED) is 0.338. The van der Waals surface area contributed by atoms with Crippen LogP contribution in [0, 0.1) is 0 Å². The smallest absolute Gasteiger partial charge is 0.338 e. The molecule has 0 radical (unpaired) electrons. The molecule has 1 aliphatic carbocycles. The average Bonchev–Trinajstić information content (AvgIpc) is 3.20. The molecule has 2 amide bonds. The van der Waals surface area contributed by atoms with Crippen LogP contribution in [0.3, 0.4) is 0 Å². The number of benzene rings is 1. The first-order chi connectivity index (χ1) is 14.5. The van der Waals surface area contributed by atoms with Gasteiger partial charge in [0, 0.05) is 5.56 Å². The number of rotatable bonds is 4. The zero-order chi connectivity index (χ0) is 21.1. The molecule has 2 aromatic rings. The second kappa shape index (κ2) is 8.62. The van der Waals surface area contributed by atoms with E-state index in [9.17, 15) is 14.4 Å². The Labute approximate surface area is 178 Å². The number of hydrogen-bond acceptors (Lipinski definition) is 6. The largest absolute Gasteiger partial charge is 0.459 e. The van der Waals surface area contributed by atoms with Crippen LogP contribution in [0.1, 0.15) is 48.2 Å². The van der Waals surface area contributed by atoms with Crippen LogP contribution in [0.4, 0.5) is 0 Å². The Morgan fingerprint density at radius 3 is 2.33 bits per heavy atom. The number of ether oxygens (including phenoxy) is 1. The van der Waals surface area contributed by atoms with Crippen LogP contribution < -0.4 is 10.6 Å². The summed E-state index contributed by atoms with van der Waals surface area (Å²) in [5.41, 5.74) is 1.16. The van der Waals surface area contributed by atoms with Crippen molar-refractivity contribution in [1.82, 2.24) is 10.6 Å². The van der Waals surface area contributed by atoms with E-state index >= 15 is 0 Å². The molecule has 2 N–H and O–H groups in total. The van der Waals surface area contributed by atoms with Gasteiger partial charge in [-0.05, 0) is 68.2 Å². The first-order valence-electron chi connectivity index (χ1n) is 9.79. The van der Waals surface area contributed by atoms with Gasteiger partial charge in [0.05, 0.1) is 5.56 Å². The highest BCUT2D eigenvalue weighted by atomic mass is 32.1. The first-order valence-corrected chi connectivity index (χ1v) is 10.2. The molecular weight excluding hydrogens is 404 g/mol. The summed E-state index contributed by atoms with van der Waals surface area (Å²) in [5, 5.41) is 4.72. The number of amides is 2. The van der Waals surface area contributed by atoms with Gasteiger partial charge in [0.15, 0.2) is 5.11 Å².